The van der Waals surface area contributed by atoms with Crippen LogP contribution in [-0.4, -0.2) is 56.2 Å². The molecule has 26 heavy (non-hydrogen) atoms. The van der Waals surface area contributed by atoms with E-state index in [1.54, 1.807) is 13.2 Å². The third-order valence-electron chi connectivity index (χ3n) is 4.38. The van der Waals surface area contributed by atoms with E-state index in [1.165, 1.54) is 0 Å². The summed E-state index contributed by atoms with van der Waals surface area (Å²) in [6.45, 7) is 2.27. The number of hydrogen-bond donors (Lipinski definition) is 1. The van der Waals surface area contributed by atoms with Gasteiger partial charge < -0.3 is 19.7 Å². The minimum absolute atomic E-state index is 0.0249. The molecule has 0 saturated carbocycles. The molecule has 0 atom stereocenters. The molecule has 144 valence electrons. The number of piperidine rings is 1. The van der Waals surface area contributed by atoms with Gasteiger partial charge >= 0.3 is 0 Å². The molecule has 0 radical (unpaired) electrons. The molecule has 1 aliphatic heterocycles. The van der Waals surface area contributed by atoms with Gasteiger partial charge in [0.15, 0.2) is 0 Å². The Morgan fingerprint density at radius 3 is 2.62 bits per heavy atom. The van der Waals surface area contributed by atoms with Gasteiger partial charge in [0.1, 0.15) is 5.75 Å². The van der Waals surface area contributed by atoms with Crippen LogP contribution in [0.1, 0.15) is 32.1 Å². The van der Waals surface area contributed by atoms with Crippen molar-refractivity contribution in [2.24, 2.45) is 0 Å². The van der Waals surface area contributed by atoms with E-state index in [0.717, 1.165) is 12.8 Å². The summed E-state index contributed by atoms with van der Waals surface area (Å²) in [5.74, 6) is 0.783. The Labute approximate surface area is 159 Å². The van der Waals surface area contributed by atoms with Crippen LogP contribution in [0.15, 0.2) is 24.3 Å². The van der Waals surface area contributed by atoms with Crippen molar-refractivity contribution >= 4 is 23.4 Å². The standard InChI is InChI=1S/C19H27ClN2O4/c1-25-14-10-19(24)22-11-8-15(9-12-22)21-18(23)7-4-13-26-17-6-3-2-5-16(17)20/h2-3,5-6,15H,4,7-14H2,1H3,(H,21,23). The van der Waals surface area contributed by atoms with Gasteiger partial charge in [-0.3, -0.25) is 9.59 Å². The number of nitrogens with one attached hydrogen (secondary N) is 1. The zero-order valence-corrected chi connectivity index (χ0v) is 16.0. The summed E-state index contributed by atoms with van der Waals surface area (Å²) in [7, 11) is 1.59. The Balaban J connectivity index is 1.59. The summed E-state index contributed by atoms with van der Waals surface area (Å²) in [5.41, 5.74) is 0. The number of hydrogen-bond acceptors (Lipinski definition) is 4. The van der Waals surface area contributed by atoms with E-state index in [2.05, 4.69) is 5.32 Å². The van der Waals surface area contributed by atoms with Crippen LogP contribution in [-0.2, 0) is 14.3 Å². The molecule has 2 rings (SSSR count). The van der Waals surface area contributed by atoms with Gasteiger partial charge in [-0.05, 0) is 31.4 Å². The number of likely N-dealkylation sites (tertiary alicyclic amines) is 1. The minimum Gasteiger partial charge on any atom is -0.492 e. The Morgan fingerprint density at radius 2 is 1.92 bits per heavy atom. The number of halogens is 1. The second kappa shape index (κ2) is 11.0. The Morgan fingerprint density at radius 1 is 1.19 bits per heavy atom. The lowest BCUT2D eigenvalue weighted by atomic mass is 10.0. The second-order valence-electron chi connectivity index (χ2n) is 6.35. The first kappa shape index (κ1) is 20.5. The summed E-state index contributed by atoms with van der Waals surface area (Å²) < 4.78 is 10.5. The van der Waals surface area contributed by atoms with Crippen molar-refractivity contribution in [2.75, 3.05) is 33.4 Å². The van der Waals surface area contributed by atoms with Crippen molar-refractivity contribution in [3.63, 3.8) is 0 Å². The monoisotopic (exact) mass is 382 g/mol. The first-order chi connectivity index (χ1) is 12.6. The van der Waals surface area contributed by atoms with E-state index in [-0.39, 0.29) is 17.9 Å². The predicted molar refractivity (Wildman–Crippen MR) is 100 cm³/mol. The van der Waals surface area contributed by atoms with E-state index in [1.807, 2.05) is 23.1 Å². The van der Waals surface area contributed by atoms with Crippen molar-refractivity contribution in [3.05, 3.63) is 29.3 Å². The third kappa shape index (κ3) is 6.84. The molecule has 1 aromatic carbocycles. The number of carbonyl (C=O) groups is 2. The van der Waals surface area contributed by atoms with Crippen molar-refractivity contribution in [1.82, 2.24) is 10.2 Å². The fraction of sp³-hybridized carbons (Fsp3) is 0.579. The van der Waals surface area contributed by atoms with Gasteiger partial charge in [-0.15, -0.1) is 0 Å². The van der Waals surface area contributed by atoms with Gasteiger partial charge in [0, 0.05) is 32.7 Å². The van der Waals surface area contributed by atoms with Gasteiger partial charge in [0.05, 0.1) is 24.7 Å². The van der Waals surface area contributed by atoms with Crippen LogP contribution in [0.25, 0.3) is 0 Å². The van der Waals surface area contributed by atoms with E-state index in [0.29, 0.717) is 56.3 Å². The zero-order valence-electron chi connectivity index (χ0n) is 15.2. The molecule has 1 fully saturated rings. The molecule has 0 unspecified atom stereocenters. The summed E-state index contributed by atoms with van der Waals surface area (Å²) in [6, 6.07) is 7.43. The number of methoxy groups -OCH3 is 1. The predicted octanol–water partition coefficient (Wildman–Crippen LogP) is 2.64. The van der Waals surface area contributed by atoms with Gasteiger partial charge in [-0.25, -0.2) is 0 Å². The largest absolute Gasteiger partial charge is 0.492 e. The highest BCUT2D eigenvalue weighted by Crippen LogP contribution is 2.23. The summed E-state index contributed by atoms with van der Waals surface area (Å²) in [5, 5.41) is 3.62. The smallest absolute Gasteiger partial charge is 0.224 e. The molecule has 1 aliphatic rings. The summed E-state index contributed by atoms with van der Waals surface area (Å²) in [4.78, 5) is 25.8. The van der Waals surface area contributed by atoms with E-state index in [9.17, 15) is 9.59 Å². The van der Waals surface area contributed by atoms with Gasteiger partial charge in [-0.2, -0.15) is 0 Å². The van der Waals surface area contributed by atoms with E-state index >= 15 is 0 Å². The first-order valence-electron chi connectivity index (χ1n) is 9.03. The van der Waals surface area contributed by atoms with Crippen LogP contribution in [0.3, 0.4) is 0 Å². The molecule has 0 aromatic heterocycles. The lowest BCUT2D eigenvalue weighted by Gasteiger charge is -2.32. The van der Waals surface area contributed by atoms with Crippen molar-refractivity contribution in [3.8, 4) is 5.75 Å². The van der Waals surface area contributed by atoms with Crippen LogP contribution >= 0.6 is 11.6 Å². The van der Waals surface area contributed by atoms with Crippen LogP contribution in [0.5, 0.6) is 5.75 Å². The van der Waals surface area contributed by atoms with Crippen molar-refractivity contribution in [1.29, 1.82) is 0 Å². The maximum atomic E-state index is 12.1. The third-order valence-corrected chi connectivity index (χ3v) is 4.69. The van der Waals surface area contributed by atoms with Crippen molar-refractivity contribution < 1.29 is 19.1 Å². The van der Waals surface area contributed by atoms with Crippen LogP contribution in [0.4, 0.5) is 0 Å². The molecule has 0 aliphatic carbocycles. The topological polar surface area (TPSA) is 67.9 Å². The number of carbonyl (C=O) groups excluding carboxylic acids is 2. The van der Waals surface area contributed by atoms with E-state index < -0.39 is 0 Å². The number of rotatable bonds is 9. The molecule has 1 aromatic rings. The SMILES string of the molecule is COCCC(=O)N1CCC(NC(=O)CCCOc2ccccc2Cl)CC1. The average molecular weight is 383 g/mol. The number of amides is 2. The van der Waals surface area contributed by atoms with Gasteiger partial charge in [-0.1, -0.05) is 23.7 Å². The number of benzene rings is 1. The number of para-hydroxylation sites is 1. The Kier molecular flexibility index (Phi) is 8.71. The Hall–Kier alpha value is -1.79. The van der Waals surface area contributed by atoms with Crippen molar-refractivity contribution in [2.45, 2.75) is 38.1 Å². The Bertz CT molecular complexity index is 589. The first-order valence-corrected chi connectivity index (χ1v) is 9.41. The molecule has 0 bridgehead atoms. The van der Waals surface area contributed by atoms with E-state index in [4.69, 9.17) is 21.1 Å². The fourth-order valence-electron chi connectivity index (χ4n) is 2.90. The average Bonchev–Trinajstić information content (AvgIpc) is 2.65. The molecule has 6 nitrogen and oxygen atoms in total. The maximum absolute atomic E-state index is 12.1. The zero-order chi connectivity index (χ0) is 18.8. The van der Waals surface area contributed by atoms with Crippen LogP contribution in [0, 0.1) is 0 Å². The molecular weight excluding hydrogens is 356 g/mol. The molecule has 7 heteroatoms. The lowest BCUT2D eigenvalue weighted by molar-refractivity contribution is -0.133. The summed E-state index contributed by atoms with van der Waals surface area (Å²) >= 11 is 6.02. The second-order valence-corrected chi connectivity index (χ2v) is 6.76. The lowest BCUT2D eigenvalue weighted by Crippen LogP contribution is -2.46. The molecule has 1 N–H and O–H groups in total. The van der Waals surface area contributed by atoms with Gasteiger partial charge in [0.2, 0.25) is 11.8 Å². The fourth-order valence-corrected chi connectivity index (χ4v) is 3.09. The highest BCUT2D eigenvalue weighted by molar-refractivity contribution is 6.32. The number of ether oxygens (including phenoxy) is 2. The van der Waals surface area contributed by atoms with Crippen LogP contribution in [0.2, 0.25) is 5.02 Å². The number of nitrogens with zero attached hydrogens (tertiary/aromatic N) is 1. The molecule has 1 saturated heterocycles. The molecular formula is C19H27ClN2O4. The summed E-state index contributed by atoms with van der Waals surface area (Å²) in [6.07, 6.45) is 3.04. The molecule has 2 amide bonds. The minimum atomic E-state index is 0.0249. The molecule has 0 spiro atoms. The molecule has 1 heterocycles. The normalized spacial score (nSPS) is 14.9. The highest BCUT2D eigenvalue weighted by atomic mass is 35.5. The van der Waals surface area contributed by atoms with Gasteiger partial charge in [0.25, 0.3) is 0 Å². The highest BCUT2D eigenvalue weighted by Gasteiger charge is 2.23. The maximum Gasteiger partial charge on any atom is 0.224 e. The van der Waals surface area contributed by atoms with Crippen LogP contribution < -0.4 is 10.1 Å². The quantitative estimate of drug-likeness (QED) is 0.667.